The Bertz CT molecular complexity index is 380. The molecule has 1 unspecified atom stereocenters. The molecule has 2 fully saturated rings. The molecular formula is C16H26F3NO2. The molecule has 1 saturated heterocycles. The number of rotatable bonds is 5. The Kier molecular flexibility index (Phi) is 5.75. The number of carboxylic acids is 1. The van der Waals surface area contributed by atoms with Crippen LogP contribution in [0.3, 0.4) is 0 Å². The van der Waals surface area contributed by atoms with E-state index in [9.17, 15) is 18.0 Å². The summed E-state index contributed by atoms with van der Waals surface area (Å²) in [5.74, 6) is -3.36. The van der Waals surface area contributed by atoms with Gasteiger partial charge in [0.15, 0.2) is 0 Å². The van der Waals surface area contributed by atoms with E-state index in [1.807, 2.05) is 0 Å². The molecule has 22 heavy (non-hydrogen) atoms. The zero-order valence-corrected chi connectivity index (χ0v) is 13.1. The van der Waals surface area contributed by atoms with Gasteiger partial charge in [-0.05, 0) is 18.3 Å². The third-order valence-electron chi connectivity index (χ3n) is 5.16. The highest BCUT2D eigenvalue weighted by molar-refractivity contribution is 5.71. The third-order valence-corrected chi connectivity index (χ3v) is 5.16. The summed E-state index contributed by atoms with van der Waals surface area (Å²) in [6.45, 7) is 2.50. The van der Waals surface area contributed by atoms with Gasteiger partial charge in [-0.15, -0.1) is 0 Å². The fraction of sp³-hybridized carbons (Fsp3) is 0.938. The largest absolute Gasteiger partial charge is 0.481 e. The van der Waals surface area contributed by atoms with Crippen LogP contribution >= 0.6 is 0 Å². The van der Waals surface area contributed by atoms with Crippen molar-refractivity contribution in [2.45, 2.75) is 51.6 Å². The quantitative estimate of drug-likeness (QED) is 0.837. The van der Waals surface area contributed by atoms with Crippen LogP contribution in [0.1, 0.15) is 45.4 Å². The molecule has 1 saturated carbocycles. The minimum Gasteiger partial charge on any atom is -0.481 e. The predicted molar refractivity (Wildman–Crippen MR) is 77.5 cm³/mol. The molecule has 0 amide bonds. The molecule has 0 aromatic heterocycles. The molecule has 2 rings (SSSR count). The Balaban J connectivity index is 1.86. The Morgan fingerprint density at radius 1 is 1.23 bits per heavy atom. The molecule has 1 heterocycles. The van der Waals surface area contributed by atoms with E-state index < -0.39 is 24.0 Å². The monoisotopic (exact) mass is 321 g/mol. The fourth-order valence-electron chi connectivity index (χ4n) is 4.12. The van der Waals surface area contributed by atoms with Crippen LogP contribution in [0.5, 0.6) is 0 Å². The normalized spacial score (nSPS) is 29.6. The maximum atomic E-state index is 13.0. The van der Waals surface area contributed by atoms with Gasteiger partial charge in [0.05, 0.1) is 11.8 Å². The molecule has 0 spiro atoms. The van der Waals surface area contributed by atoms with E-state index in [2.05, 4.69) is 6.92 Å². The van der Waals surface area contributed by atoms with Gasteiger partial charge in [0, 0.05) is 19.6 Å². The number of carbonyl (C=O) groups is 1. The van der Waals surface area contributed by atoms with Crippen molar-refractivity contribution >= 4 is 5.97 Å². The molecule has 1 aliphatic heterocycles. The summed E-state index contributed by atoms with van der Waals surface area (Å²) in [5, 5.41) is 9.03. The number of aliphatic carboxylic acids is 1. The summed E-state index contributed by atoms with van der Waals surface area (Å²) in [6, 6.07) is 0. The second kappa shape index (κ2) is 7.20. The maximum absolute atomic E-state index is 13.0. The van der Waals surface area contributed by atoms with Crippen molar-refractivity contribution < 1.29 is 23.1 Å². The molecule has 128 valence electrons. The van der Waals surface area contributed by atoms with Gasteiger partial charge in [0.25, 0.3) is 0 Å². The average Bonchev–Trinajstić information content (AvgIpc) is 2.83. The second-order valence-electron chi connectivity index (χ2n) is 7.16. The highest BCUT2D eigenvalue weighted by Crippen LogP contribution is 2.38. The first-order valence-corrected chi connectivity index (χ1v) is 8.29. The zero-order valence-electron chi connectivity index (χ0n) is 13.1. The van der Waals surface area contributed by atoms with Gasteiger partial charge in [-0.3, -0.25) is 4.79 Å². The van der Waals surface area contributed by atoms with E-state index in [1.165, 1.54) is 32.1 Å². The van der Waals surface area contributed by atoms with Crippen molar-refractivity contribution in [1.29, 1.82) is 0 Å². The van der Waals surface area contributed by atoms with Crippen LogP contribution in [-0.4, -0.2) is 41.8 Å². The van der Waals surface area contributed by atoms with E-state index in [0.29, 0.717) is 18.4 Å². The van der Waals surface area contributed by atoms with Crippen molar-refractivity contribution in [2.24, 2.45) is 23.7 Å². The van der Waals surface area contributed by atoms with Gasteiger partial charge in [-0.2, -0.15) is 13.2 Å². The average molecular weight is 321 g/mol. The second-order valence-corrected chi connectivity index (χ2v) is 7.16. The summed E-state index contributed by atoms with van der Waals surface area (Å²) in [4.78, 5) is 12.8. The molecule has 3 atom stereocenters. The molecule has 0 bridgehead atoms. The Morgan fingerprint density at radius 3 is 2.36 bits per heavy atom. The van der Waals surface area contributed by atoms with E-state index in [-0.39, 0.29) is 13.1 Å². The first-order chi connectivity index (χ1) is 10.3. The van der Waals surface area contributed by atoms with Crippen LogP contribution in [0.15, 0.2) is 0 Å². The number of halogens is 3. The van der Waals surface area contributed by atoms with Crippen LogP contribution in [0, 0.1) is 23.7 Å². The lowest BCUT2D eigenvalue weighted by atomic mass is 9.83. The third kappa shape index (κ3) is 4.61. The lowest BCUT2D eigenvalue weighted by molar-refractivity contribution is -0.188. The van der Waals surface area contributed by atoms with Crippen LogP contribution in [0.25, 0.3) is 0 Å². The van der Waals surface area contributed by atoms with Crippen molar-refractivity contribution in [2.75, 3.05) is 19.6 Å². The van der Waals surface area contributed by atoms with Crippen LogP contribution in [0.2, 0.25) is 0 Å². The van der Waals surface area contributed by atoms with Gasteiger partial charge in [-0.1, -0.05) is 39.0 Å². The van der Waals surface area contributed by atoms with Crippen molar-refractivity contribution in [3.63, 3.8) is 0 Å². The Hall–Kier alpha value is -0.780. The van der Waals surface area contributed by atoms with Gasteiger partial charge in [-0.25, -0.2) is 0 Å². The number of hydrogen-bond acceptors (Lipinski definition) is 2. The SMILES string of the molecule is CC(CC1CCCCC1)CN1C[C@@H](C(F)(F)F)[C@H](C(=O)O)C1. The molecule has 3 nitrogen and oxygen atoms in total. The lowest BCUT2D eigenvalue weighted by Crippen LogP contribution is -2.33. The summed E-state index contributed by atoms with van der Waals surface area (Å²) in [5.41, 5.74) is 0. The van der Waals surface area contributed by atoms with Crippen molar-refractivity contribution in [1.82, 2.24) is 4.90 Å². The smallest absolute Gasteiger partial charge is 0.393 e. The lowest BCUT2D eigenvalue weighted by Gasteiger charge is -2.27. The van der Waals surface area contributed by atoms with E-state index >= 15 is 0 Å². The van der Waals surface area contributed by atoms with Crippen molar-refractivity contribution in [3.05, 3.63) is 0 Å². The molecule has 1 N–H and O–H groups in total. The highest BCUT2D eigenvalue weighted by atomic mass is 19.4. The summed E-state index contributed by atoms with van der Waals surface area (Å²) in [6.07, 6.45) is 2.90. The number of alkyl halides is 3. The Labute approximate surface area is 129 Å². The highest BCUT2D eigenvalue weighted by Gasteiger charge is 2.52. The first kappa shape index (κ1) is 17.6. The van der Waals surface area contributed by atoms with E-state index in [1.54, 1.807) is 4.90 Å². The molecule has 6 heteroatoms. The topological polar surface area (TPSA) is 40.5 Å². The molecule has 2 aliphatic rings. The first-order valence-electron chi connectivity index (χ1n) is 8.29. The minimum absolute atomic E-state index is 0.0223. The number of hydrogen-bond donors (Lipinski definition) is 1. The number of likely N-dealkylation sites (tertiary alicyclic amines) is 1. The van der Waals surface area contributed by atoms with Crippen LogP contribution in [0.4, 0.5) is 13.2 Å². The van der Waals surface area contributed by atoms with Gasteiger partial charge in [0.1, 0.15) is 0 Å². The molecular weight excluding hydrogens is 295 g/mol. The van der Waals surface area contributed by atoms with Crippen LogP contribution < -0.4 is 0 Å². The minimum atomic E-state index is -4.43. The van der Waals surface area contributed by atoms with Gasteiger partial charge >= 0.3 is 12.1 Å². The summed E-state index contributed by atoms with van der Waals surface area (Å²) >= 11 is 0. The van der Waals surface area contributed by atoms with E-state index in [0.717, 1.165) is 6.42 Å². The summed E-state index contributed by atoms with van der Waals surface area (Å²) in [7, 11) is 0. The van der Waals surface area contributed by atoms with Crippen LogP contribution in [-0.2, 0) is 4.79 Å². The van der Waals surface area contributed by atoms with Gasteiger partial charge in [0.2, 0.25) is 0 Å². The predicted octanol–water partition coefficient (Wildman–Crippen LogP) is 3.79. The zero-order chi connectivity index (χ0) is 16.3. The number of nitrogens with zero attached hydrogens (tertiary/aromatic N) is 1. The Morgan fingerprint density at radius 2 is 1.86 bits per heavy atom. The molecule has 0 radical (unpaired) electrons. The number of carboxylic acid groups (broad SMARTS) is 1. The van der Waals surface area contributed by atoms with E-state index in [4.69, 9.17) is 5.11 Å². The van der Waals surface area contributed by atoms with Gasteiger partial charge < -0.3 is 10.0 Å². The molecule has 1 aliphatic carbocycles. The molecule has 0 aromatic carbocycles. The maximum Gasteiger partial charge on any atom is 0.393 e. The standard InChI is InChI=1S/C16H26F3NO2/c1-11(7-12-5-3-2-4-6-12)8-20-9-13(15(21)22)14(10-20)16(17,18)19/h11-14H,2-10H2,1H3,(H,21,22)/t11?,13-,14-/m1/s1. The molecule has 0 aromatic rings. The van der Waals surface area contributed by atoms with Crippen molar-refractivity contribution in [3.8, 4) is 0 Å². The fourth-order valence-corrected chi connectivity index (χ4v) is 4.12. The summed E-state index contributed by atoms with van der Waals surface area (Å²) < 4.78 is 38.9.